The van der Waals surface area contributed by atoms with Gasteiger partial charge in [0.05, 0.1) is 11.7 Å². The first-order chi connectivity index (χ1) is 8.86. The van der Waals surface area contributed by atoms with Crippen molar-refractivity contribution in [1.29, 1.82) is 0 Å². The molecule has 0 aromatic carbocycles. The van der Waals surface area contributed by atoms with Crippen LogP contribution in [-0.4, -0.2) is 24.8 Å². The first kappa shape index (κ1) is 12.7. The van der Waals surface area contributed by atoms with Crippen molar-refractivity contribution in [3.63, 3.8) is 0 Å². The molecular formula is C16H27NO. The largest absolute Gasteiger partial charge is 0.370 e. The highest BCUT2D eigenvalue weighted by Crippen LogP contribution is 2.43. The highest BCUT2D eigenvalue weighted by Gasteiger charge is 2.41. The van der Waals surface area contributed by atoms with E-state index in [1.165, 1.54) is 64.2 Å². The molecule has 1 unspecified atom stereocenters. The number of hydrogen-bond donors (Lipinski definition) is 1. The lowest BCUT2D eigenvalue weighted by atomic mass is 9.98. The Bertz CT molecular complexity index is 304. The average Bonchev–Trinajstić information content (AvgIpc) is 3.10. The van der Waals surface area contributed by atoms with Gasteiger partial charge in [-0.15, -0.1) is 0 Å². The van der Waals surface area contributed by atoms with E-state index in [1.54, 1.807) is 5.57 Å². The van der Waals surface area contributed by atoms with Crippen molar-refractivity contribution in [3.05, 3.63) is 11.6 Å². The van der Waals surface area contributed by atoms with E-state index in [2.05, 4.69) is 11.4 Å². The number of ether oxygens (including phenoxy) is 1. The minimum Gasteiger partial charge on any atom is -0.370 e. The van der Waals surface area contributed by atoms with Crippen LogP contribution in [0.4, 0.5) is 0 Å². The molecule has 1 aliphatic heterocycles. The van der Waals surface area contributed by atoms with Crippen molar-refractivity contribution < 1.29 is 4.74 Å². The van der Waals surface area contributed by atoms with Crippen molar-refractivity contribution in [2.24, 2.45) is 0 Å². The number of hydrogen-bond acceptors (Lipinski definition) is 2. The average molecular weight is 249 g/mol. The first-order valence-corrected chi connectivity index (χ1v) is 7.93. The normalized spacial score (nSPS) is 30.2. The molecule has 102 valence electrons. The van der Waals surface area contributed by atoms with Crippen LogP contribution in [0.2, 0.25) is 0 Å². The van der Waals surface area contributed by atoms with Crippen LogP contribution in [0.25, 0.3) is 0 Å². The van der Waals surface area contributed by atoms with E-state index >= 15 is 0 Å². The minimum atomic E-state index is 0.306. The van der Waals surface area contributed by atoms with Crippen LogP contribution in [0.15, 0.2) is 11.6 Å². The fourth-order valence-electron chi connectivity index (χ4n) is 3.90. The van der Waals surface area contributed by atoms with Crippen LogP contribution in [0.1, 0.15) is 64.2 Å². The van der Waals surface area contributed by atoms with Gasteiger partial charge in [0.25, 0.3) is 0 Å². The molecule has 3 aliphatic rings. The molecule has 0 aromatic heterocycles. The zero-order valence-corrected chi connectivity index (χ0v) is 11.5. The summed E-state index contributed by atoms with van der Waals surface area (Å²) in [5, 5.41) is 3.59. The van der Waals surface area contributed by atoms with E-state index in [-0.39, 0.29) is 0 Å². The predicted octanol–water partition coefficient (Wildman–Crippen LogP) is 3.57. The van der Waals surface area contributed by atoms with Gasteiger partial charge in [0.1, 0.15) is 0 Å². The molecule has 2 nitrogen and oxygen atoms in total. The van der Waals surface area contributed by atoms with Crippen LogP contribution >= 0.6 is 0 Å². The van der Waals surface area contributed by atoms with Crippen LogP contribution < -0.4 is 5.32 Å². The van der Waals surface area contributed by atoms with Gasteiger partial charge < -0.3 is 10.1 Å². The monoisotopic (exact) mass is 249 g/mol. The van der Waals surface area contributed by atoms with Crippen LogP contribution in [-0.2, 0) is 4.74 Å². The van der Waals surface area contributed by atoms with Gasteiger partial charge in [0.15, 0.2) is 0 Å². The molecule has 1 saturated heterocycles. The molecule has 1 N–H and O–H groups in total. The highest BCUT2D eigenvalue weighted by molar-refractivity contribution is 5.07. The third kappa shape index (κ3) is 2.97. The molecule has 1 atom stereocenters. The van der Waals surface area contributed by atoms with Crippen molar-refractivity contribution in [2.75, 3.05) is 13.1 Å². The van der Waals surface area contributed by atoms with Gasteiger partial charge in [0.2, 0.25) is 0 Å². The zero-order chi connectivity index (χ0) is 12.3. The standard InChI is InChI=1S/C16H27NO/c1-2-6-14(5-1)8-12-17-13-15-7-11-16(18-15)9-3-4-10-16/h5,15,17H,1-4,6-13H2. The molecule has 0 bridgehead atoms. The summed E-state index contributed by atoms with van der Waals surface area (Å²) in [6.07, 6.45) is 16.2. The Morgan fingerprint density at radius 3 is 2.89 bits per heavy atom. The van der Waals surface area contributed by atoms with Gasteiger partial charge in [-0.05, 0) is 57.9 Å². The maximum Gasteiger partial charge on any atom is 0.0708 e. The molecule has 1 saturated carbocycles. The molecular weight excluding hydrogens is 222 g/mol. The third-order valence-electron chi connectivity index (χ3n) is 4.98. The lowest BCUT2D eigenvalue weighted by Gasteiger charge is -2.24. The fraction of sp³-hybridized carbons (Fsp3) is 0.875. The van der Waals surface area contributed by atoms with Crippen LogP contribution in [0.3, 0.4) is 0 Å². The minimum absolute atomic E-state index is 0.306. The van der Waals surface area contributed by atoms with Crippen LogP contribution in [0.5, 0.6) is 0 Å². The summed E-state index contributed by atoms with van der Waals surface area (Å²) in [4.78, 5) is 0. The first-order valence-electron chi connectivity index (χ1n) is 7.93. The lowest BCUT2D eigenvalue weighted by molar-refractivity contribution is -0.0349. The van der Waals surface area contributed by atoms with E-state index in [9.17, 15) is 0 Å². The summed E-state index contributed by atoms with van der Waals surface area (Å²) >= 11 is 0. The molecule has 1 spiro atoms. The van der Waals surface area contributed by atoms with Gasteiger partial charge in [-0.25, -0.2) is 0 Å². The van der Waals surface area contributed by atoms with E-state index in [0.717, 1.165) is 13.1 Å². The van der Waals surface area contributed by atoms with Gasteiger partial charge in [0, 0.05) is 6.54 Å². The second-order valence-electron chi connectivity index (χ2n) is 6.38. The summed E-state index contributed by atoms with van der Waals surface area (Å²) in [6, 6.07) is 0. The predicted molar refractivity (Wildman–Crippen MR) is 74.7 cm³/mol. The Morgan fingerprint density at radius 2 is 2.11 bits per heavy atom. The molecule has 3 rings (SSSR count). The number of nitrogens with one attached hydrogen (secondary N) is 1. The van der Waals surface area contributed by atoms with E-state index in [1.807, 2.05) is 0 Å². The van der Waals surface area contributed by atoms with Crippen molar-refractivity contribution in [3.8, 4) is 0 Å². The summed E-state index contributed by atoms with van der Waals surface area (Å²) in [7, 11) is 0. The van der Waals surface area contributed by atoms with Gasteiger partial charge in [-0.1, -0.05) is 24.5 Å². The maximum absolute atomic E-state index is 6.30. The molecule has 2 fully saturated rings. The third-order valence-corrected chi connectivity index (χ3v) is 4.98. The molecule has 2 aliphatic carbocycles. The van der Waals surface area contributed by atoms with Crippen molar-refractivity contribution in [1.82, 2.24) is 5.32 Å². The summed E-state index contributed by atoms with van der Waals surface area (Å²) < 4.78 is 6.30. The zero-order valence-electron chi connectivity index (χ0n) is 11.5. The van der Waals surface area contributed by atoms with E-state index < -0.39 is 0 Å². The SMILES string of the molecule is C1=C(CCNCC2CCC3(CCCC3)O2)CCC1. The summed E-state index contributed by atoms with van der Waals surface area (Å²) in [5.41, 5.74) is 1.97. The molecule has 0 amide bonds. The Morgan fingerprint density at radius 1 is 1.22 bits per heavy atom. The van der Waals surface area contributed by atoms with Crippen LogP contribution in [0, 0.1) is 0 Å². The van der Waals surface area contributed by atoms with E-state index in [4.69, 9.17) is 4.74 Å². The van der Waals surface area contributed by atoms with E-state index in [0.29, 0.717) is 11.7 Å². The lowest BCUT2D eigenvalue weighted by Crippen LogP contribution is -2.31. The molecule has 0 radical (unpaired) electrons. The smallest absolute Gasteiger partial charge is 0.0708 e. The van der Waals surface area contributed by atoms with Crippen molar-refractivity contribution in [2.45, 2.75) is 75.9 Å². The fourth-order valence-corrected chi connectivity index (χ4v) is 3.90. The molecule has 18 heavy (non-hydrogen) atoms. The molecule has 0 aromatic rings. The second kappa shape index (κ2) is 5.75. The number of rotatable bonds is 5. The number of allylic oxidation sites excluding steroid dienone is 1. The Balaban J connectivity index is 1.32. The van der Waals surface area contributed by atoms with Gasteiger partial charge >= 0.3 is 0 Å². The topological polar surface area (TPSA) is 21.3 Å². The van der Waals surface area contributed by atoms with Gasteiger partial charge in [-0.2, -0.15) is 0 Å². The second-order valence-corrected chi connectivity index (χ2v) is 6.38. The highest BCUT2D eigenvalue weighted by atomic mass is 16.5. The van der Waals surface area contributed by atoms with Gasteiger partial charge in [-0.3, -0.25) is 0 Å². The molecule has 1 heterocycles. The Hall–Kier alpha value is -0.340. The Labute approximate surface area is 111 Å². The Kier molecular flexibility index (Phi) is 4.05. The summed E-state index contributed by atoms with van der Waals surface area (Å²) in [6.45, 7) is 2.20. The molecule has 2 heteroatoms. The summed E-state index contributed by atoms with van der Waals surface area (Å²) in [5.74, 6) is 0. The quantitative estimate of drug-likeness (QED) is 0.594. The van der Waals surface area contributed by atoms with Crippen molar-refractivity contribution >= 4 is 0 Å². The maximum atomic E-state index is 6.30.